The minimum absolute atomic E-state index is 0.0163. The van der Waals surface area contributed by atoms with Gasteiger partial charge in [-0.15, -0.1) is 0 Å². The monoisotopic (exact) mass is 587 g/mol. The molecule has 1 aliphatic rings. The average molecular weight is 588 g/mol. The standard InChI is InChI=1S/C32H33N3O6S/c1-40-19-17-34-32(37)26-10-5-6-13-31(26)42(38,39)21-27-24-11-7-12-28(36)25(24)14-15-29(27)41-30(20-35-18-16-33-22-35)23-8-3-2-4-9-23/h2-6,8-10,13-16,18,22,30H,7,11-12,17,19-21H2,1H3,(H,34,37)/t30-/m1/s1. The highest BCUT2D eigenvalue weighted by Gasteiger charge is 2.30. The van der Waals surface area contributed by atoms with Gasteiger partial charge in [0.15, 0.2) is 15.6 Å². The Hall–Kier alpha value is -4.28. The first-order valence-electron chi connectivity index (χ1n) is 13.8. The summed E-state index contributed by atoms with van der Waals surface area (Å²) in [7, 11) is -2.52. The van der Waals surface area contributed by atoms with E-state index >= 15 is 0 Å². The summed E-state index contributed by atoms with van der Waals surface area (Å²) in [6.07, 6.45) is 6.36. The molecule has 1 amide bonds. The number of sulfone groups is 1. The summed E-state index contributed by atoms with van der Waals surface area (Å²) >= 11 is 0. The summed E-state index contributed by atoms with van der Waals surface area (Å²) in [5.41, 5.74) is 2.62. The minimum Gasteiger partial charge on any atom is -0.484 e. The minimum atomic E-state index is -4.04. The highest BCUT2D eigenvalue weighted by atomic mass is 32.2. The number of aromatic nitrogens is 2. The number of hydrogen-bond acceptors (Lipinski definition) is 7. The van der Waals surface area contributed by atoms with E-state index < -0.39 is 27.6 Å². The molecule has 0 fully saturated rings. The van der Waals surface area contributed by atoms with E-state index in [1.54, 1.807) is 36.8 Å². The van der Waals surface area contributed by atoms with Crippen molar-refractivity contribution in [2.75, 3.05) is 20.3 Å². The number of imidazole rings is 1. The van der Waals surface area contributed by atoms with Crippen molar-refractivity contribution in [1.82, 2.24) is 14.9 Å². The van der Waals surface area contributed by atoms with Gasteiger partial charge in [-0.25, -0.2) is 13.4 Å². The molecule has 1 heterocycles. The summed E-state index contributed by atoms with van der Waals surface area (Å²) in [4.78, 5) is 29.8. The van der Waals surface area contributed by atoms with Crippen LogP contribution >= 0.6 is 0 Å². The van der Waals surface area contributed by atoms with Crippen molar-refractivity contribution in [3.63, 3.8) is 0 Å². The van der Waals surface area contributed by atoms with Gasteiger partial charge in [-0.3, -0.25) is 9.59 Å². The van der Waals surface area contributed by atoms with Crippen molar-refractivity contribution < 1.29 is 27.5 Å². The van der Waals surface area contributed by atoms with E-state index in [2.05, 4.69) is 10.3 Å². The van der Waals surface area contributed by atoms with Crippen molar-refractivity contribution in [3.05, 3.63) is 113 Å². The van der Waals surface area contributed by atoms with Crippen LogP contribution < -0.4 is 10.1 Å². The number of methoxy groups -OCH3 is 1. The van der Waals surface area contributed by atoms with Crippen LogP contribution in [0.4, 0.5) is 0 Å². The van der Waals surface area contributed by atoms with E-state index in [1.165, 1.54) is 19.2 Å². The van der Waals surface area contributed by atoms with Crippen LogP contribution in [0, 0.1) is 0 Å². The fraction of sp³-hybridized carbons (Fsp3) is 0.281. The number of ketones is 1. The van der Waals surface area contributed by atoms with Crippen LogP contribution in [0.5, 0.6) is 5.75 Å². The third kappa shape index (κ3) is 6.61. The van der Waals surface area contributed by atoms with Crippen molar-refractivity contribution in [1.29, 1.82) is 0 Å². The molecule has 3 aromatic carbocycles. The van der Waals surface area contributed by atoms with E-state index in [0.717, 1.165) is 5.56 Å². The van der Waals surface area contributed by atoms with Gasteiger partial charge in [0.2, 0.25) is 0 Å². The Morgan fingerprint density at radius 1 is 1.05 bits per heavy atom. The highest BCUT2D eigenvalue weighted by molar-refractivity contribution is 7.90. The summed E-state index contributed by atoms with van der Waals surface area (Å²) in [5, 5.41) is 2.70. The van der Waals surface area contributed by atoms with Gasteiger partial charge in [0, 0.05) is 43.6 Å². The zero-order chi connectivity index (χ0) is 29.5. The van der Waals surface area contributed by atoms with Gasteiger partial charge in [0.05, 0.1) is 35.7 Å². The molecule has 218 valence electrons. The fourth-order valence-electron chi connectivity index (χ4n) is 5.22. The third-order valence-electron chi connectivity index (χ3n) is 7.29. The summed E-state index contributed by atoms with van der Waals surface area (Å²) in [6, 6.07) is 19.3. The first kappa shape index (κ1) is 29.2. The van der Waals surface area contributed by atoms with Gasteiger partial charge >= 0.3 is 0 Å². The van der Waals surface area contributed by atoms with E-state index in [9.17, 15) is 18.0 Å². The van der Waals surface area contributed by atoms with Gasteiger partial charge in [-0.1, -0.05) is 42.5 Å². The number of fused-ring (bicyclic) bond motifs is 1. The van der Waals surface area contributed by atoms with Crippen LogP contribution in [0.15, 0.2) is 90.3 Å². The number of hydrogen-bond donors (Lipinski definition) is 1. The molecule has 0 bridgehead atoms. The number of Topliss-reactive ketones (excluding diaryl/α,β-unsaturated/α-hetero) is 1. The molecule has 0 unspecified atom stereocenters. The number of benzene rings is 3. The van der Waals surface area contributed by atoms with E-state index in [1.807, 2.05) is 41.1 Å². The van der Waals surface area contributed by atoms with Crippen LogP contribution in [0.25, 0.3) is 0 Å². The largest absolute Gasteiger partial charge is 0.484 e. The molecule has 1 aromatic heterocycles. The topological polar surface area (TPSA) is 117 Å². The number of carbonyl (C=O) groups excluding carboxylic acids is 2. The zero-order valence-corrected chi connectivity index (χ0v) is 24.2. The molecule has 0 spiro atoms. The van der Waals surface area contributed by atoms with Crippen molar-refractivity contribution in [2.45, 2.75) is 42.6 Å². The highest BCUT2D eigenvalue weighted by Crippen LogP contribution is 2.37. The van der Waals surface area contributed by atoms with Gasteiger partial charge in [-0.2, -0.15) is 0 Å². The van der Waals surface area contributed by atoms with E-state index in [4.69, 9.17) is 9.47 Å². The Bertz CT molecular complexity index is 1650. The molecule has 0 aliphatic heterocycles. The van der Waals surface area contributed by atoms with Crippen LogP contribution in [0.2, 0.25) is 0 Å². The van der Waals surface area contributed by atoms with E-state index in [-0.39, 0.29) is 22.8 Å². The molecule has 10 heteroatoms. The van der Waals surface area contributed by atoms with Crippen molar-refractivity contribution >= 4 is 21.5 Å². The Morgan fingerprint density at radius 3 is 2.60 bits per heavy atom. The molecule has 0 radical (unpaired) electrons. The predicted octanol–water partition coefficient (Wildman–Crippen LogP) is 4.57. The first-order chi connectivity index (χ1) is 20.4. The number of ether oxygens (including phenoxy) is 2. The lowest BCUT2D eigenvalue weighted by molar-refractivity contribution is 0.0932. The SMILES string of the molecule is COCCNC(=O)c1ccccc1S(=O)(=O)Cc1c(O[C@H](Cn2ccnc2)c2ccccc2)ccc2c1CCCC2=O. The normalized spacial score (nSPS) is 13.8. The number of nitrogens with one attached hydrogen (secondary N) is 1. The van der Waals surface area contributed by atoms with Crippen molar-refractivity contribution in [2.24, 2.45) is 0 Å². The molecule has 5 rings (SSSR count). The number of amides is 1. The lowest BCUT2D eigenvalue weighted by Gasteiger charge is -2.26. The molecule has 0 saturated carbocycles. The van der Waals surface area contributed by atoms with Gasteiger partial charge in [0.1, 0.15) is 11.9 Å². The van der Waals surface area contributed by atoms with Gasteiger partial charge < -0.3 is 19.4 Å². The fourth-order valence-corrected chi connectivity index (χ4v) is 6.85. The summed E-state index contributed by atoms with van der Waals surface area (Å²) in [5.74, 6) is -0.550. The molecule has 9 nitrogen and oxygen atoms in total. The summed E-state index contributed by atoms with van der Waals surface area (Å²) in [6.45, 7) is 0.984. The molecule has 4 aromatic rings. The maximum absolute atomic E-state index is 14.0. The van der Waals surface area contributed by atoms with E-state index in [0.29, 0.717) is 54.9 Å². The lowest BCUT2D eigenvalue weighted by Crippen LogP contribution is -2.28. The molecular formula is C32H33N3O6S. The van der Waals surface area contributed by atoms with Crippen LogP contribution in [-0.2, 0) is 33.3 Å². The second-order valence-electron chi connectivity index (χ2n) is 10.1. The number of nitrogens with zero attached hydrogens (tertiary/aromatic N) is 2. The maximum atomic E-state index is 14.0. The quantitative estimate of drug-likeness (QED) is 0.241. The molecular weight excluding hydrogens is 554 g/mol. The molecule has 1 atom stereocenters. The van der Waals surface area contributed by atoms with Crippen LogP contribution in [0.3, 0.4) is 0 Å². The Balaban J connectivity index is 1.55. The van der Waals surface area contributed by atoms with Gasteiger partial charge in [-0.05, 0) is 48.2 Å². The average Bonchev–Trinajstić information content (AvgIpc) is 3.52. The van der Waals surface area contributed by atoms with Crippen LogP contribution in [-0.4, -0.2) is 49.9 Å². The first-order valence-corrected chi connectivity index (χ1v) is 15.5. The number of rotatable bonds is 12. The Kier molecular flexibility index (Phi) is 9.14. The summed E-state index contributed by atoms with van der Waals surface area (Å²) < 4.78 is 41.6. The molecule has 1 N–H and O–H groups in total. The lowest BCUT2D eigenvalue weighted by atomic mass is 9.87. The van der Waals surface area contributed by atoms with Gasteiger partial charge in [0.25, 0.3) is 5.91 Å². The Morgan fingerprint density at radius 2 is 1.83 bits per heavy atom. The second-order valence-corrected chi connectivity index (χ2v) is 12.1. The number of carbonyl (C=O) groups is 2. The smallest absolute Gasteiger partial charge is 0.252 e. The van der Waals surface area contributed by atoms with Crippen LogP contribution in [0.1, 0.15) is 56.4 Å². The predicted molar refractivity (Wildman–Crippen MR) is 157 cm³/mol. The molecule has 1 aliphatic carbocycles. The molecule has 42 heavy (non-hydrogen) atoms. The Labute approximate surface area is 245 Å². The van der Waals surface area contributed by atoms with Crippen molar-refractivity contribution in [3.8, 4) is 5.75 Å². The second kappa shape index (κ2) is 13.1. The maximum Gasteiger partial charge on any atom is 0.252 e. The zero-order valence-electron chi connectivity index (χ0n) is 23.4. The molecule has 0 saturated heterocycles. The third-order valence-corrected chi connectivity index (χ3v) is 8.98.